The largest absolute Gasteiger partial charge is 0.491 e. The van der Waals surface area contributed by atoms with Gasteiger partial charge in [-0.1, -0.05) is 24.4 Å². The molecule has 19 heavy (non-hydrogen) atoms. The Morgan fingerprint density at radius 1 is 1.21 bits per heavy atom. The third-order valence-corrected chi connectivity index (χ3v) is 2.84. The first kappa shape index (κ1) is 13.3. The number of rotatable bonds is 5. The van der Waals surface area contributed by atoms with Crippen LogP contribution in [0, 0.1) is 0 Å². The number of hydrogen-bond acceptors (Lipinski definition) is 3. The van der Waals surface area contributed by atoms with Gasteiger partial charge in [-0.3, -0.25) is 4.79 Å². The van der Waals surface area contributed by atoms with Crippen LogP contribution in [-0.2, 0) is 6.54 Å². The minimum absolute atomic E-state index is 0.00371. The Balaban J connectivity index is 1.98. The summed E-state index contributed by atoms with van der Waals surface area (Å²) in [6.07, 6.45) is 3.45. The van der Waals surface area contributed by atoms with Crippen LogP contribution in [0.1, 0.15) is 5.56 Å². The van der Waals surface area contributed by atoms with Gasteiger partial charge in [0.2, 0.25) is 0 Å². The summed E-state index contributed by atoms with van der Waals surface area (Å²) in [6.45, 7) is 1.12. The van der Waals surface area contributed by atoms with E-state index in [1.807, 2.05) is 28.8 Å². The summed E-state index contributed by atoms with van der Waals surface area (Å²) in [5.41, 5.74) is 6.36. The lowest BCUT2D eigenvalue weighted by atomic mass is 10.2. The second kappa shape index (κ2) is 6.15. The highest BCUT2D eigenvalue weighted by atomic mass is 32.1. The van der Waals surface area contributed by atoms with Crippen molar-refractivity contribution in [3.8, 4) is 5.75 Å². The van der Waals surface area contributed by atoms with Crippen molar-refractivity contribution >= 4 is 17.2 Å². The molecule has 0 aliphatic heterocycles. The Labute approximate surface area is 116 Å². The van der Waals surface area contributed by atoms with Crippen molar-refractivity contribution in [3.05, 3.63) is 64.6 Å². The lowest BCUT2D eigenvalue weighted by Gasteiger charge is -2.11. The molecule has 0 bridgehead atoms. The van der Waals surface area contributed by atoms with Gasteiger partial charge in [-0.05, 0) is 12.1 Å². The fourth-order valence-electron chi connectivity index (χ4n) is 1.65. The van der Waals surface area contributed by atoms with Crippen LogP contribution in [0.3, 0.4) is 0 Å². The maximum absolute atomic E-state index is 11.0. The number of pyridine rings is 1. The maximum Gasteiger partial charge on any atom is 0.181 e. The molecular formula is C14H14N2O2S. The molecule has 0 spiro atoms. The molecule has 2 aromatic rings. The second-order valence-corrected chi connectivity index (χ2v) is 4.42. The van der Waals surface area contributed by atoms with Crippen molar-refractivity contribution in [2.45, 2.75) is 6.54 Å². The quantitative estimate of drug-likeness (QED) is 0.841. The molecule has 1 aromatic carbocycles. The molecule has 0 radical (unpaired) electrons. The molecule has 4 nitrogen and oxygen atoms in total. The Hall–Kier alpha value is -2.14. The summed E-state index contributed by atoms with van der Waals surface area (Å²) >= 11 is 4.97. The average molecular weight is 274 g/mol. The highest BCUT2D eigenvalue weighted by Crippen LogP contribution is 2.17. The van der Waals surface area contributed by atoms with E-state index in [2.05, 4.69) is 0 Å². The van der Waals surface area contributed by atoms with E-state index in [9.17, 15) is 4.79 Å². The lowest BCUT2D eigenvalue weighted by molar-refractivity contribution is 0.297. The summed E-state index contributed by atoms with van der Waals surface area (Å²) in [6, 6.07) is 10.4. The predicted molar refractivity (Wildman–Crippen MR) is 78.5 cm³/mol. The smallest absolute Gasteiger partial charge is 0.181 e. The van der Waals surface area contributed by atoms with Crippen molar-refractivity contribution in [1.82, 2.24) is 4.57 Å². The molecule has 0 aliphatic rings. The molecule has 2 rings (SSSR count). The van der Waals surface area contributed by atoms with Gasteiger partial charge >= 0.3 is 0 Å². The van der Waals surface area contributed by atoms with Gasteiger partial charge in [0.05, 0.1) is 12.1 Å². The molecule has 5 heteroatoms. The summed E-state index contributed by atoms with van der Waals surface area (Å²) < 4.78 is 7.55. The Morgan fingerprint density at radius 2 is 1.89 bits per heavy atom. The fraction of sp³-hybridized carbons (Fsp3) is 0.143. The molecular weight excluding hydrogens is 260 g/mol. The van der Waals surface area contributed by atoms with Crippen molar-refractivity contribution in [2.24, 2.45) is 5.73 Å². The van der Waals surface area contributed by atoms with Crippen LogP contribution in [0.15, 0.2) is 53.6 Å². The zero-order valence-corrected chi connectivity index (χ0v) is 11.1. The van der Waals surface area contributed by atoms with Crippen molar-refractivity contribution in [2.75, 3.05) is 6.61 Å². The van der Waals surface area contributed by atoms with Gasteiger partial charge in [-0.15, -0.1) is 0 Å². The number of nitrogens with two attached hydrogens (primary N) is 1. The van der Waals surface area contributed by atoms with Crippen LogP contribution in [0.4, 0.5) is 0 Å². The maximum atomic E-state index is 11.0. The van der Waals surface area contributed by atoms with E-state index in [-0.39, 0.29) is 5.43 Å². The highest BCUT2D eigenvalue weighted by Gasteiger charge is 2.04. The number of aromatic nitrogens is 1. The molecule has 0 saturated heterocycles. The number of hydrogen-bond donors (Lipinski definition) is 1. The van der Waals surface area contributed by atoms with Gasteiger partial charge in [0.15, 0.2) is 5.43 Å². The zero-order valence-electron chi connectivity index (χ0n) is 10.3. The lowest BCUT2D eigenvalue weighted by Crippen LogP contribution is -2.14. The fourth-order valence-corrected chi connectivity index (χ4v) is 1.82. The number of nitrogens with zero attached hydrogens (tertiary/aromatic N) is 1. The summed E-state index contributed by atoms with van der Waals surface area (Å²) in [5, 5.41) is 0. The zero-order chi connectivity index (χ0) is 13.7. The summed E-state index contributed by atoms with van der Waals surface area (Å²) in [4.78, 5) is 11.3. The number of ether oxygens (including phenoxy) is 1. The molecule has 2 N–H and O–H groups in total. The first-order valence-electron chi connectivity index (χ1n) is 5.84. The standard InChI is InChI=1S/C14H14N2O2S/c15-14(19)12-3-1-2-4-13(12)18-10-9-16-7-5-11(17)6-8-16/h1-8H,9-10H2,(H2,15,19). The minimum Gasteiger partial charge on any atom is -0.491 e. The van der Waals surface area contributed by atoms with Gasteiger partial charge in [0, 0.05) is 24.5 Å². The van der Waals surface area contributed by atoms with Gasteiger partial charge in [-0.25, -0.2) is 0 Å². The van der Waals surface area contributed by atoms with Crippen LogP contribution in [0.5, 0.6) is 5.75 Å². The average Bonchev–Trinajstić information content (AvgIpc) is 2.41. The van der Waals surface area contributed by atoms with Crippen LogP contribution < -0.4 is 15.9 Å². The third-order valence-electron chi connectivity index (χ3n) is 2.62. The summed E-state index contributed by atoms with van der Waals surface area (Å²) in [5.74, 6) is 0.677. The van der Waals surface area contributed by atoms with Crippen LogP contribution in [-0.4, -0.2) is 16.2 Å². The topological polar surface area (TPSA) is 57.2 Å². The van der Waals surface area contributed by atoms with E-state index in [0.29, 0.717) is 23.9 Å². The van der Waals surface area contributed by atoms with Gasteiger partial charge in [0.1, 0.15) is 17.3 Å². The van der Waals surface area contributed by atoms with E-state index >= 15 is 0 Å². The number of para-hydroxylation sites is 1. The minimum atomic E-state index is -0.00371. The van der Waals surface area contributed by atoms with Crippen LogP contribution >= 0.6 is 12.2 Å². The second-order valence-electron chi connectivity index (χ2n) is 3.98. The molecule has 98 valence electrons. The van der Waals surface area contributed by atoms with E-state index in [4.69, 9.17) is 22.7 Å². The van der Waals surface area contributed by atoms with Crippen LogP contribution in [0.2, 0.25) is 0 Å². The predicted octanol–water partition coefficient (Wildman–Crippen LogP) is 1.56. The Kier molecular flexibility index (Phi) is 4.30. The highest BCUT2D eigenvalue weighted by molar-refractivity contribution is 7.80. The first-order valence-corrected chi connectivity index (χ1v) is 6.25. The van der Waals surface area contributed by atoms with Gasteiger partial charge in [-0.2, -0.15) is 0 Å². The molecule has 0 amide bonds. The molecule has 0 unspecified atom stereocenters. The van der Waals surface area contributed by atoms with E-state index in [0.717, 1.165) is 5.56 Å². The molecule has 0 saturated carbocycles. The van der Waals surface area contributed by atoms with Crippen molar-refractivity contribution < 1.29 is 4.74 Å². The molecule has 1 heterocycles. The van der Waals surface area contributed by atoms with E-state index in [1.54, 1.807) is 12.4 Å². The van der Waals surface area contributed by atoms with E-state index in [1.165, 1.54) is 12.1 Å². The van der Waals surface area contributed by atoms with E-state index < -0.39 is 0 Å². The Bertz CT molecular complexity index is 617. The molecule has 0 fully saturated rings. The Morgan fingerprint density at radius 3 is 2.58 bits per heavy atom. The SMILES string of the molecule is NC(=S)c1ccccc1OCCn1ccc(=O)cc1. The van der Waals surface area contributed by atoms with Crippen molar-refractivity contribution in [1.29, 1.82) is 0 Å². The summed E-state index contributed by atoms with van der Waals surface area (Å²) in [7, 11) is 0. The monoisotopic (exact) mass is 274 g/mol. The third kappa shape index (κ3) is 3.66. The normalized spacial score (nSPS) is 10.1. The van der Waals surface area contributed by atoms with Crippen LogP contribution in [0.25, 0.3) is 0 Å². The molecule has 1 aromatic heterocycles. The van der Waals surface area contributed by atoms with Gasteiger partial charge in [0.25, 0.3) is 0 Å². The number of benzene rings is 1. The molecule has 0 aliphatic carbocycles. The molecule has 0 atom stereocenters. The van der Waals surface area contributed by atoms with Gasteiger partial charge < -0.3 is 15.0 Å². The number of thiocarbonyl (C=S) groups is 1. The first-order chi connectivity index (χ1) is 9.16. The van der Waals surface area contributed by atoms with Crippen molar-refractivity contribution in [3.63, 3.8) is 0 Å².